The molecule has 0 aliphatic carbocycles. The number of benzene rings is 2. The van der Waals surface area contributed by atoms with Crippen LogP contribution in [0, 0.1) is 0 Å². The molecule has 6 heteroatoms. The van der Waals surface area contributed by atoms with Gasteiger partial charge in [0, 0.05) is 10.6 Å². The molecule has 1 unspecified atom stereocenters. The zero-order valence-electron chi connectivity index (χ0n) is 13.9. The SMILES string of the molecule is C[S+]([O-])c1ccc(C2=C(c3cccc(Cl)c3)C(=O)C(C)(C)O2)cc1Cl. The third-order valence-electron chi connectivity index (χ3n) is 3.98. The lowest BCUT2D eigenvalue weighted by Gasteiger charge is -2.18. The van der Waals surface area contributed by atoms with Crippen molar-refractivity contribution in [1.29, 1.82) is 0 Å². The van der Waals surface area contributed by atoms with Gasteiger partial charge in [0.05, 0.1) is 10.6 Å². The predicted octanol–water partition coefficient (Wildman–Crippen LogP) is 4.98. The maximum Gasteiger partial charge on any atom is 0.210 e. The van der Waals surface area contributed by atoms with E-state index >= 15 is 0 Å². The summed E-state index contributed by atoms with van der Waals surface area (Å²) in [4.78, 5) is 13.4. The van der Waals surface area contributed by atoms with Gasteiger partial charge in [0.2, 0.25) is 5.78 Å². The van der Waals surface area contributed by atoms with Gasteiger partial charge in [-0.05, 0) is 60.9 Å². The summed E-state index contributed by atoms with van der Waals surface area (Å²) in [6.45, 7) is 3.45. The summed E-state index contributed by atoms with van der Waals surface area (Å²) in [6.07, 6.45) is 1.57. The van der Waals surface area contributed by atoms with Crippen LogP contribution < -0.4 is 0 Å². The smallest absolute Gasteiger partial charge is 0.210 e. The molecule has 0 aromatic heterocycles. The molecule has 0 radical (unpaired) electrons. The summed E-state index contributed by atoms with van der Waals surface area (Å²) >= 11 is 11.1. The van der Waals surface area contributed by atoms with Crippen molar-refractivity contribution in [3.63, 3.8) is 0 Å². The third kappa shape index (κ3) is 3.44. The number of hydrogen-bond acceptors (Lipinski definition) is 3. The number of rotatable bonds is 3. The highest BCUT2D eigenvalue weighted by molar-refractivity contribution is 7.90. The molecule has 3 rings (SSSR count). The van der Waals surface area contributed by atoms with Crippen molar-refractivity contribution < 1.29 is 14.1 Å². The first-order valence-electron chi connectivity index (χ1n) is 7.58. The Kier molecular flexibility index (Phi) is 4.91. The summed E-state index contributed by atoms with van der Waals surface area (Å²) in [5.41, 5.74) is 0.838. The number of ether oxygens (including phenoxy) is 1. The molecule has 1 aliphatic rings. The van der Waals surface area contributed by atoms with E-state index in [9.17, 15) is 9.35 Å². The molecule has 2 aromatic carbocycles. The normalized spacial score (nSPS) is 17.6. The van der Waals surface area contributed by atoms with E-state index in [0.29, 0.717) is 37.4 Å². The molecule has 0 N–H and O–H groups in total. The van der Waals surface area contributed by atoms with Gasteiger partial charge in [0.15, 0.2) is 10.5 Å². The largest absolute Gasteiger partial charge is 0.612 e. The maximum absolute atomic E-state index is 12.9. The molecule has 0 saturated heterocycles. The van der Waals surface area contributed by atoms with Crippen molar-refractivity contribution in [2.45, 2.75) is 24.3 Å². The third-order valence-corrected chi connectivity index (χ3v) is 5.61. The lowest BCUT2D eigenvalue weighted by atomic mass is 9.93. The van der Waals surface area contributed by atoms with E-state index in [1.54, 1.807) is 56.5 Å². The average molecular weight is 395 g/mol. The highest BCUT2D eigenvalue weighted by atomic mass is 35.5. The summed E-state index contributed by atoms with van der Waals surface area (Å²) in [7, 11) is 0. The van der Waals surface area contributed by atoms with Crippen LogP contribution >= 0.6 is 23.2 Å². The molecule has 0 saturated carbocycles. The zero-order chi connectivity index (χ0) is 18.4. The molecule has 130 valence electrons. The number of Topliss-reactive ketones (excluding diaryl/α,β-unsaturated/α-hetero) is 1. The van der Waals surface area contributed by atoms with Gasteiger partial charge in [-0.3, -0.25) is 4.79 Å². The first-order valence-corrected chi connectivity index (χ1v) is 9.89. The highest BCUT2D eigenvalue weighted by Gasteiger charge is 2.43. The van der Waals surface area contributed by atoms with Gasteiger partial charge in [-0.25, -0.2) is 0 Å². The van der Waals surface area contributed by atoms with E-state index in [1.807, 2.05) is 6.07 Å². The number of carbonyl (C=O) groups excluding carboxylic acids is 1. The van der Waals surface area contributed by atoms with E-state index < -0.39 is 16.8 Å². The second-order valence-corrected chi connectivity index (χ2v) is 8.45. The summed E-state index contributed by atoms with van der Waals surface area (Å²) in [5.74, 6) is 0.330. The minimum Gasteiger partial charge on any atom is -0.612 e. The second-order valence-electron chi connectivity index (χ2n) is 6.26. The molecule has 3 nitrogen and oxygen atoms in total. The molecule has 1 heterocycles. The van der Waals surface area contributed by atoms with Crippen LogP contribution in [0.2, 0.25) is 10.0 Å². The lowest BCUT2D eigenvalue weighted by molar-refractivity contribution is -0.125. The number of halogens is 2. The van der Waals surface area contributed by atoms with Gasteiger partial charge in [0.1, 0.15) is 12.0 Å². The standard InChI is InChI=1S/C19H16Cl2O3S/c1-19(2)18(22)16(11-5-4-6-13(20)9-11)17(24-19)12-7-8-15(25(3)23)14(21)10-12/h4-10H,1-3H3. The molecule has 1 atom stereocenters. The molecule has 0 amide bonds. The van der Waals surface area contributed by atoms with Crippen LogP contribution in [0.15, 0.2) is 47.4 Å². The van der Waals surface area contributed by atoms with Crippen LogP contribution in [0.25, 0.3) is 11.3 Å². The number of ketones is 1. The number of carbonyl (C=O) groups is 1. The molecule has 0 bridgehead atoms. The van der Waals surface area contributed by atoms with Gasteiger partial charge in [0.25, 0.3) is 0 Å². The molecular weight excluding hydrogens is 379 g/mol. The fourth-order valence-corrected chi connectivity index (χ4v) is 4.03. The van der Waals surface area contributed by atoms with Gasteiger partial charge >= 0.3 is 0 Å². The average Bonchev–Trinajstić information content (AvgIpc) is 2.77. The first kappa shape index (κ1) is 18.3. The fourth-order valence-electron chi connectivity index (χ4n) is 2.74. The molecule has 2 aromatic rings. The van der Waals surface area contributed by atoms with Gasteiger partial charge in [-0.2, -0.15) is 0 Å². The molecule has 25 heavy (non-hydrogen) atoms. The first-order chi connectivity index (χ1) is 11.7. The Labute approximate surface area is 159 Å². The second kappa shape index (κ2) is 6.69. The lowest BCUT2D eigenvalue weighted by Crippen LogP contribution is -2.29. The maximum atomic E-state index is 12.9. The van der Waals surface area contributed by atoms with Crippen molar-refractivity contribution in [2.75, 3.05) is 6.26 Å². The van der Waals surface area contributed by atoms with Crippen LogP contribution in [0.4, 0.5) is 0 Å². The van der Waals surface area contributed by atoms with Crippen LogP contribution in [0.3, 0.4) is 0 Å². The Bertz CT molecular complexity index is 888. The summed E-state index contributed by atoms with van der Waals surface area (Å²) < 4.78 is 17.7. The Morgan fingerprint density at radius 1 is 1.08 bits per heavy atom. The van der Waals surface area contributed by atoms with Gasteiger partial charge in [-0.15, -0.1) is 0 Å². The van der Waals surface area contributed by atoms with Crippen molar-refractivity contribution in [1.82, 2.24) is 0 Å². The van der Waals surface area contributed by atoms with Gasteiger partial charge in [-0.1, -0.05) is 35.3 Å². The Morgan fingerprint density at radius 2 is 1.80 bits per heavy atom. The van der Waals surface area contributed by atoms with Gasteiger partial charge < -0.3 is 9.29 Å². The molecular formula is C19H16Cl2O3S. The quantitative estimate of drug-likeness (QED) is 0.689. The van der Waals surface area contributed by atoms with Crippen molar-refractivity contribution in [3.05, 3.63) is 63.6 Å². The monoisotopic (exact) mass is 394 g/mol. The predicted molar refractivity (Wildman–Crippen MR) is 102 cm³/mol. The fraction of sp³-hybridized carbons (Fsp3) is 0.211. The highest BCUT2D eigenvalue weighted by Crippen LogP contribution is 2.42. The molecule has 0 fully saturated rings. The van der Waals surface area contributed by atoms with Crippen molar-refractivity contribution in [2.24, 2.45) is 0 Å². The zero-order valence-corrected chi connectivity index (χ0v) is 16.3. The van der Waals surface area contributed by atoms with E-state index in [1.165, 1.54) is 0 Å². The van der Waals surface area contributed by atoms with E-state index in [2.05, 4.69) is 0 Å². The minimum atomic E-state index is -1.19. The molecule has 0 spiro atoms. The Balaban J connectivity index is 2.19. The molecule has 1 aliphatic heterocycles. The van der Waals surface area contributed by atoms with E-state index in [-0.39, 0.29) is 5.78 Å². The van der Waals surface area contributed by atoms with Crippen molar-refractivity contribution in [3.8, 4) is 0 Å². The van der Waals surface area contributed by atoms with Crippen molar-refractivity contribution >= 4 is 51.5 Å². The van der Waals surface area contributed by atoms with Crippen LogP contribution in [-0.4, -0.2) is 22.2 Å². The van der Waals surface area contributed by atoms with Crippen LogP contribution in [-0.2, 0) is 20.7 Å². The summed E-state index contributed by atoms with van der Waals surface area (Å²) in [6, 6.07) is 12.2. The summed E-state index contributed by atoms with van der Waals surface area (Å²) in [5, 5.41) is 0.911. The van der Waals surface area contributed by atoms with E-state index in [0.717, 1.165) is 0 Å². The Morgan fingerprint density at radius 3 is 2.40 bits per heavy atom. The van der Waals surface area contributed by atoms with Crippen LogP contribution in [0.5, 0.6) is 0 Å². The topological polar surface area (TPSA) is 49.4 Å². The number of hydrogen-bond donors (Lipinski definition) is 0. The Hall–Kier alpha value is -1.46. The van der Waals surface area contributed by atoms with Crippen LogP contribution in [0.1, 0.15) is 25.0 Å². The minimum absolute atomic E-state index is 0.121. The van der Waals surface area contributed by atoms with E-state index in [4.69, 9.17) is 27.9 Å².